The third-order valence-electron chi connectivity index (χ3n) is 1.89. The molecule has 0 aliphatic carbocycles. The number of aromatic nitrogens is 2. The second-order valence-corrected chi connectivity index (χ2v) is 3.05. The Balaban J connectivity index is 2.16. The lowest BCUT2D eigenvalue weighted by Crippen LogP contribution is -2.11. The first-order valence-electron chi connectivity index (χ1n) is 5.00. The average molecular weight is 239 g/mol. The van der Waals surface area contributed by atoms with Gasteiger partial charge in [-0.3, -0.25) is 0 Å². The minimum Gasteiger partial charge on any atom is -0.390 e. The van der Waals surface area contributed by atoms with Gasteiger partial charge in [-0.1, -0.05) is 10.9 Å². The molecule has 0 fully saturated rings. The number of imidazole rings is 1. The Bertz CT molecular complexity index is 397. The van der Waals surface area contributed by atoms with E-state index in [-0.39, 0.29) is 12.6 Å². The van der Waals surface area contributed by atoms with Gasteiger partial charge in [0.2, 0.25) is 0 Å². The molecule has 17 heavy (non-hydrogen) atoms. The van der Waals surface area contributed by atoms with E-state index in [9.17, 15) is 10.1 Å². The molecule has 0 aliphatic heterocycles. The summed E-state index contributed by atoms with van der Waals surface area (Å²) in [5.41, 5.74) is 0. The molecule has 0 saturated carbocycles. The summed E-state index contributed by atoms with van der Waals surface area (Å²) in [5.74, 6) is 2.15. The fraction of sp³-hybridized carbons (Fsp3) is 0.500. The second-order valence-electron chi connectivity index (χ2n) is 3.05. The number of hydrogen-bond acceptors (Lipinski definition) is 5. The van der Waals surface area contributed by atoms with Crippen LogP contribution in [0.15, 0.2) is 12.4 Å². The van der Waals surface area contributed by atoms with Gasteiger partial charge >= 0.3 is 5.95 Å². The average Bonchev–Trinajstić information content (AvgIpc) is 2.76. The first-order valence-corrected chi connectivity index (χ1v) is 5.00. The molecular weight excluding hydrogens is 226 g/mol. The van der Waals surface area contributed by atoms with Crippen LogP contribution in [-0.4, -0.2) is 40.9 Å². The highest BCUT2D eigenvalue weighted by Crippen LogP contribution is 2.06. The van der Waals surface area contributed by atoms with Crippen molar-refractivity contribution >= 4 is 5.95 Å². The molecule has 7 nitrogen and oxygen atoms in total. The van der Waals surface area contributed by atoms with E-state index in [0.29, 0.717) is 26.4 Å². The first kappa shape index (κ1) is 13.2. The quantitative estimate of drug-likeness (QED) is 0.285. The van der Waals surface area contributed by atoms with Crippen molar-refractivity contribution in [1.29, 1.82) is 0 Å². The standard InChI is InChI=1S/C10H13N3O4/c1-2-6-16-8-9-17-7-5-12-4-3-11-10(12)13(14)15/h1,3-4H,5-9H2. The number of ether oxygens (including phenoxy) is 2. The van der Waals surface area contributed by atoms with E-state index in [4.69, 9.17) is 15.9 Å². The summed E-state index contributed by atoms with van der Waals surface area (Å²) in [5, 5.41) is 10.5. The van der Waals surface area contributed by atoms with Crippen molar-refractivity contribution in [2.75, 3.05) is 26.4 Å². The topological polar surface area (TPSA) is 79.4 Å². The Kier molecular flexibility index (Phi) is 5.71. The van der Waals surface area contributed by atoms with Crippen LogP contribution in [0.5, 0.6) is 0 Å². The molecule has 0 aliphatic rings. The highest BCUT2D eigenvalue weighted by atomic mass is 16.6. The van der Waals surface area contributed by atoms with Crippen LogP contribution in [0.2, 0.25) is 0 Å². The van der Waals surface area contributed by atoms with Gasteiger partial charge in [-0.25, -0.2) is 4.57 Å². The Labute approximate surface area is 98.5 Å². The fourth-order valence-corrected chi connectivity index (χ4v) is 1.16. The van der Waals surface area contributed by atoms with E-state index in [0.717, 1.165) is 0 Å². The lowest BCUT2D eigenvalue weighted by molar-refractivity contribution is -0.396. The van der Waals surface area contributed by atoms with E-state index in [1.165, 1.54) is 17.0 Å². The minimum atomic E-state index is -0.532. The summed E-state index contributed by atoms with van der Waals surface area (Å²) in [7, 11) is 0. The maximum atomic E-state index is 10.5. The molecule has 0 unspecified atom stereocenters. The highest BCUT2D eigenvalue weighted by molar-refractivity contribution is 5.06. The molecule has 0 bridgehead atoms. The van der Waals surface area contributed by atoms with E-state index in [2.05, 4.69) is 10.9 Å². The zero-order chi connectivity index (χ0) is 12.5. The Morgan fingerprint density at radius 2 is 2.24 bits per heavy atom. The second kappa shape index (κ2) is 7.38. The zero-order valence-corrected chi connectivity index (χ0v) is 9.24. The number of terminal acetylenes is 1. The number of nitro groups is 1. The minimum absolute atomic E-state index is 0.183. The van der Waals surface area contributed by atoms with Crippen molar-refractivity contribution in [3.8, 4) is 12.3 Å². The number of hydrogen-bond donors (Lipinski definition) is 0. The SMILES string of the molecule is C#CCOCCOCCn1ccnc1[N+](=O)[O-]. The van der Waals surface area contributed by atoms with Crippen LogP contribution >= 0.6 is 0 Å². The van der Waals surface area contributed by atoms with Gasteiger partial charge in [-0.2, -0.15) is 0 Å². The molecule has 1 aromatic rings. The number of nitrogens with zero attached hydrogens (tertiary/aromatic N) is 3. The predicted molar refractivity (Wildman–Crippen MR) is 59.4 cm³/mol. The monoisotopic (exact) mass is 239 g/mol. The molecule has 92 valence electrons. The van der Waals surface area contributed by atoms with Crippen LogP contribution in [0, 0.1) is 22.5 Å². The van der Waals surface area contributed by atoms with E-state index in [1.807, 2.05) is 0 Å². The van der Waals surface area contributed by atoms with Gasteiger partial charge in [0, 0.05) is 0 Å². The molecule has 1 heterocycles. The Hall–Kier alpha value is -1.91. The van der Waals surface area contributed by atoms with Gasteiger partial charge in [0.1, 0.15) is 19.0 Å². The highest BCUT2D eigenvalue weighted by Gasteiger charge is 2.12. The molecule has 0 aromatic carbocycles. The van der Waals surface area contributed by atoms with Crippen LogP contribution in [0.25, 0.3) is 0 Å². The van der Waals surface area contributed by atoms with Crippen molar-refractivity contribution in [2.45, 2.75) is 6.54 Å². The van der Waals surface area contributed by atoms with Gasteiger partial charge in [0.05, 0.1) is 26.4 Å². The summed E-state index contributed by atoms with van der Waals surface area (Å²) in [6, 6.07) is 0. The molecule has 0 atom stereocenters. The van der Waals surface area contributed by atoms with Crippen LogP contribution in [0.4, 0.5) is 5.95 Å². The fourth-order valence-electron chi connectivity index (χ4n) is 1.16. The summed E-state index contributed by atoms with van der Waals surface area (Å²) >= 11 is 0. The number of rotatable bonds is 8. The lowest BCUT2D eigenvalue weighted by Gasteiger charge is -2.04. The van der Waals surface area contributed by atoms with Gasteiger partial charge in [-0.05, 0) is 4.92 Å². The summed E-state index contributed by atoms with van der Waals surface area (Å²) in [6.07, 6.45) is 7.91. The normalized spacial score (nSPS) is 10.1. The largest absolute Gasteiger partial charge is 0.434 e. The molecule has 1 aromatic heterocycles. The van der Waals surface area contributed by atoms with E-state index < -0.39 is 4.92 Å². The Morgan fingerprint density at radius 3 is 2.94 bits per heavy atom. The molecule has 1 rings (SSSR count). The van der Waals surface area contributed by atoms with Gasteiger partial charge in [0.25, 0.3) is 0 Å². The first-order chi connectivity index (χ1) is 8.25. The molecule has 0 amide bonds. The van der Waals surface area contributed by atoms with Gasteiger partial charge in [0.15, 0.2) is 0 Å². The van der Waals surface area contributed by atoms with Crippen molar-refractivity contribution in [3.05, 3.63) is 22.5 Å². The summed E-state index contributed by atoms with van der Waals surface area (Å²) in [6.45, 7) is 1.82. The lowest BCUT2D eigenvalue weighted by atomic mass is 10.6. The predicted octanol–water partition coefficient (Wildman–Crippen LogP) is 0.458. The van der Waals surface area contributed by atoms with Crippen LogP contribution in [0.1, 0.15) is 0 Å². The summed E-state index contributed by atoms with van der Waals surface area (Å²) in [4.78, 5) is 13.6. The molecule has 7 heteroatoms. The molecule has 0 saturated heterocycles. The van der Waals surface area contributed by atoms with Crippen LogP contribution in [-0.2, 0) is 16.0 Å². The van der Waals surface area contributed by atoms with E-state index >= 15 is 0 Å². The van der Waals surface area contributed by atoms with Crippen LogP contribution in [0.3, 0.4) is 0 Å². The van der Waals surface area contributed by atoms with E-state index in [1.54, 1.807) is 0 Å². The summed E-state index contributed by atoms with van der Waals surface area (Å²) < 4.78 is 11.6. The molecule has 0 N–H and O–H groups in total. The molecular formula is C10H13N3O4. The van der Waals surface area contributed by atoms with Gasteiger partial charge in [-0.15, -0.1) is 6.42 Å². The zero-order valence-electron chi connectivity index (χ0n) is 9.24. The Morgan fingerprint density at radius 1 is 1.47 bits per heavy atom. The third-order valence-corrected chi connectivity index (χ3v) is 1.89. The van der Waals surface area contributed by atoms with Crippen molar-refractivity contribution < 1.29 is 14.4 Å². The maximum Gasteiger partial charge on any atom is 0.434 e. The third kappa shape index (κ3) is 4.63. The smallest absolute Gasteiger partial charge is 0.390 e. The van der Waals surface area contributed by atoms with Crippen LogP contribution < -0.4 is 0 Å². The maximum absolute atomic E-state index is 10.5. The molecule has 0 radical (unpaired) electrons. The van der Waals surface area contributed by atoms with Crippen molar-refractivity contribution in [2.24, 2.45) is 0 Å². The van der Waals surface area contributed by atoms with Crippen molar-refractivity contribution in [3.63, 3.8) is 0 Å². The molecule has 0 spiro atoms. The van der Waals surface area contributed by atoms with Crippen molar-refractivity contribution in [1.82, 2.24) is 9.55 Å². The van der Waals surface area contributed by atoms with Gasteiger partial charge < -0.3 is 19.6 Å².